The molecular formula is C16H25N3. The third kappa shape index (κ3) is 3.34. The van der Waals surface area contributed by atoms with E-state index in [0.29, 0.717) is 0 Å². The van der Waals surface area contributed by atoms with Crippen LogP contribution in [-0.4, -0.2) is 35.6 Å². The van der Waals surface area contributed by atoms with Crippen LogP contribution in [0.25, 0.3) is 0 Å². The average molecular weight is 259 g/mol. The zero-order chi connectivity index (χ0) is 13.1. The highest BCUT2D eigenvalue weighted by molar-refractivity contribution is 5.19. The van der Waals surface area contributed by atoms with Gasteiger partial charge in [-0.2, -0.15) is 0 Å². The van der Waals surface area contributed by atoms with E-state index in [1.165, 1.54) is 50.2 Å². The van der Waals surface area contributed by atoms with E-state index >= 15 is 0 Å². The van der Waals surface area contributed by atoms with Crippen molar-refractivity contribution >= 4 is 0 Å². The molecule has 1 atom stereocenters. The van der Waals surface area contributed by atoms with Crippen LogP contribution in [0, 0.1) is 5.92 Å². The maximum Gasteiger partial charge on any atom is 0.0575 e. The lowest BCUT2D eigenvalue weighted by Crippen LogP contribution is -2.39. The Kier molecular flexibility index (Phi) is 4.14. The number of hydrogen-bond acceptors (Lipinski definition) is 3. The summed E-state index contributed by atoms with van der Waals surface area (Å²) in [6.07, 6.45) is 7.13. The topological polar surface area (TPSA) is 28.2 Å². The molecule has 1 aliphatic heterocycles. The van der Waals surface area contributed by atoms with Crippen LogP contribution in [0.3, 0.4) is 0 Å². The summed E-state index contributed by atoms with van der Waals surface area (Å²) in [5.41, 5.74) is 2.68. The molecule has 2 aliphatic rings. The zero-order valence-electron chi connectivity index (χ0n) is 11.9. The van der Waals surface area contributed by atoms with Gasteiger partial charge in [-0.05, 0) is 56.3 Å². The third-order valence-electron chi connectivity index (χ3n) is 4.44. The Labute approximate surface area is 116 Å². The molecule has 1 aromatic rings. The molecule has 19 heavy (non-hydrogen) atoms. The number of pyridine rings is 1. The van der Waals surface area contributed by atoms with Gasteiger partial charge in [-0.1, -0.05) is 13.0 Å². The second kappa shape index (κ2) is 6.02. The standard InChI is InChI=1S/C16H25N3/c1-2-13-5-3-8-17-15(13)11-19-10-4-9-18-16(12-19)14-6-7-14/h3,5,8,14,16,18H,2,4,6-7,9-12H2,1H3. The molecule has 0 bridgehead atoms. The van der Waals surface area contributed by atoms with E-state index < -0.39 is 0 Å². The van der Waals surface area contributed by atoms with Gasteiger partial charge in [-0.25, -0.2) is 0 Å². The lowest BCUT2D eigenvalue weighted by atomic mass is 10.1. The minimum absolute atomic E-state index is 0.719. The Morgan fingerprint density at radius 1 is 1.42 bits per heavy atom. The highest BCUT2D eigenvalue weighted by Gasteiger charge is 2.33. The highest BCUT2D eigenvalue weighted by Crippen LogP contribution is 2.33. The molecule has 2 fully saturated rings. The molecule has 0 aromatic carbocycles. The summed E-state index contributed by atoms with van der Waals surface area (Å²) in [6.45, 7) is 6.83. The molecule has 3 rings (SSSR count). The number of nitrogens with one attached hydrogen (secondary N) is 1. The molecule has 104 valence electrons. The molecule has 1 saturated heterocycles. The highest BCUT2D eigenvalue weighted by atomic mass is 15.2. The van der Waals surface area contributed by atoms with Crippen LogP contribution >= 0.6 is 0 Å². The van der Waals surface area contributed by atoms with E-state index in [1.807, 2.05) is 6.20 Å². The maximum absolute atomic E-state index is 4.60. The van der Waals surface area contributed by atoms with Crippen molar-refractivity contribution < 1.29 is 0 Å². The summed E-state index contributed by atoms with van der Waals surface area (Å²) in [4.78, 5) is 7.20. The van der Waals surface area contributed by atoms with Gasteiger partial charge in [-0.15, -0.1) is 0 Å². The molecule has 1 aliphatic carbocycles. The first kappa shape index (κ1) is 13.1. The van der Waals surface area contributed by atoms with Gasteiger partial charge in [0.25, 0.3) is 0 Å². The van der Waals surface area contributed by atoms with Gasteiger partial charge in [0.1, 0.15) is 0 Å². The number of rotatable bonds is 4. The van der Waals surface area contributed by atoms with Crippen molar-refractivity contribution in [3.8, 4) is 0 Å². The molecule has 3 nitrogen and oxygen atoms in total. The summed E-state index contributed by atoms with van der Waals surface area (Å²) >= 11 is 0. The van der Waals surface area contributed by atoms with Crippen molar-refractivity contribution in [3.63, 3.8) is 0 Å². The predicted octanol–water partition coefficient (Wildman–Crippen LogP) is 2.22. The summed E-state index contributed by atoms with van der Waals surface area (Å²) in [5, 5.41) is 3.73. The Balaban J connectivity index is 1.66. The van der Waals surface area contributed by atoms with Crippen LogP contribution in [0.5, 0.6) is 0 Å². The van der Waals surface area contributed by atoms with E-state index in [1.54, 1.807) is 0 Å². The minimum atomic E-state index is 0.719. The first-order valence-corrected chi connectivity index (χ1v) is 7.75. The number of aromatic nitrogens is 1. The molecular weight excluding hydrogens is 234 g/mol. The smallest absolute Gasteiger partial charge is 0.0575 e. The van der Waals surface area contributed by atoms with Crippen LogP contribution in [-0.2, 0) is 13.0 Å². The average Bonchev–Trinajstić information content (AvgIpc) is 3.26. The van der Waals surface area contributed by atoms with Gasteiger partial charge in [-0.3, -0.25) is 9.88 Å². The van der Waals surface area contributed by atoms with Crippen molar-refractivity contribution in [1.29, 1.82) is 0 Å². The van der Waals surface area contributed by atoms with Crippen LogP contribution in [0.2, 0.25) is 0 Å². The largest absolute Gasteiger partial charge is 0.312 e. The van der Waals surface area contributed by atoms with Crippen molar-refractivity contribution in [3.05, 3.63) is 29.6 Å². The summed E-state index contributed by atoms with van der Waals surface area (Å²) < 4.78 is 0. The van der Waals surface area contributed by atoms with Crippen molar-refractivity contribution in [2.75, 3.05) is 19.6 Å². The molecule has 0 radical (unpaired) electrons. The van der Waals surface area contributed by atoms with Crippen LogP contribution in [0.4, 0.5) is 0 Å². The Morgan fingerprint density at radius 2 is 2.32 bits per heavy atom. The summed E-state index contributed by atoms with van der Waals surface area (Å²) in [7, 11) is 0. The number of nitrogens with zero attached hydrogens (tertiary/aromatic N) is 2. The quantitative estimate of drug-likeness (QED) is 0.898. The minimum Gasteiger partial charge on any atom is -0.312 e. The van der Waals surface area contributed by atoms with E-state index in [2.05, 4.69) is 34.3 Å². The molecule has 0 amide bonds. The van der Waals surface area contributed by atoms with Crippen LogP contribution in [0.15, 0.2) is 18.3 Å². The van der Waals surface area contributed by atoms with Crippen molar-refractivity contribution in [2.24, 2.45) is 5.92 Å². The van der Waals surface area contributed by atoms with Crippen molar-refractivity contribution in [2.45, 2.75) is 45.2 Å². The second-order valence-electron chi connectivity index (χ2n) is 5.95. The number of hydrogen-bond donors (Lipinski definition) is 1. The predicted molar refractivity (Wildman–Crippen MR) is 78.0 cm³/mol. The monoisotopic (exact) mass is 259 g/mol. The maximum atomic E-state index is 4.60. The van der Waals surface area contributed by atoms with Crippen LogP contribution in [0.1, 0.15) is 37.4 Å². The van der Waals surface area contributed by atoms with E-state index in [-0.39, 0.29) is 0 Å². The van der Waals surface area contributed by atoms with Gasteiger partial charge in [0.15, 0.2) is 0 Å². The molecule has 2 heterocycles. The SMILES string of the molecule is CCc1cccnc1CN1CCCNC(C2CC2)C1. The summed E-state index contributed by atoms with van der Waals surface area (Å²) in [6, 6.07) is 4.99. The number of aryl methyl sites for hydroxylation is 1. The van der Waals surface area contributed by atoms with Gasteiger partial charge in [0, 0.05) is 25.3 Å². The van der Waals surface area contributed by atoms with E-state index in [4.69, 9.17) is 0 Å². The fourth-order valence-electron chi connectivity index (χ4n) is 3.13. The summed E-state index contributed by atoms with van der Waals surface area (Å²) in [5.74, 6) is 0.940. The fraction of sp³-hybridized carbons (Fsp3) is 0.688. The van der Waals surface area contributed by atoms with Crippen molar-refractivity contribution in [1.82, 2.24) is 15.2 Å². The second-order valence-corrected chi connectivity index (χ2v) is 5.95. The fourth-order valence-corrected chi connectivity index (χ4v) is 3.13. The van der Waals surface area contributed by atoms with E-state index in [9.17, 15) is 0 Å². The molecule has 1 N–H and O–H groups in total. The van der Waals surface area contributed by atoms with Gasteiger partial charge in [0.2, 0.25) is 0 Å². The van der Waals surface area contributed by atoms with Crippen LogP contribution < -0.4 is 5.32 Å². The molecule has 1 saturated carbocycles. The lowest BCUT2D eigenvalue weighted by molar-refractivity contribution is 0.247. The van der Waals surface area contributed by atoms with Gasteiger partial charge < -0.3 is 5.32 Å². The first-order valence-electron chi connectivity index (χ1n) is 7.75. The Morgan fingerprint density at radius 3 is 3.11 bits per heavy atom. The van der Waals surface area contributed by atoms with Gasteiger partial charge in [0.05, 0.1) is 5.69 Å². The molecule has 1 aromatic heterocycles. The normalized spacial score (nSPS) is 25.2. The first-order chi connectivity index (χ1) is 9.36. The molecule has 3 heteroatoms. The lowest BCUT2D eigenvalue weighted by Gasteiger charge is -2.24. The zero-order valence-corrected chi connectivity index (χ0v) is 11.9. The van der Waals surface area contributed by atoms with Gasteiger partial charge >= 0.3 is 0 Å². The molecule has 0 spiro atoms. The molecule has 1 unspecified atom stereocenters. The van der Waals surface area contributed by atoms with E-state index in [0.717, 1.165) is 24.9 Å². The Hall–Kier alpha value is -0.930. The Bertz CT molecular complexity index is 414. The third-order valence-corrected chi connectivity index (χ3v) is 4.44.